The first-order chi connectivity index (χ1) is 10.8. The van der Waals surface area contributed by atoms with Crippen LogP contribution in [0.4, 0.5) is 18.9 Å². The highest BCUT2D eigenvalue weighted by atomic mass is 19.4. The Bertz CT molecular complexity index is 742. The Labute approximate surface area is 130 Å². The Balaban J connectivity index is 1.92. The maximum Gasteiger partial charge on any atom is 0.416 e. The van der Waals surface area contributed by atoms with Crippen LogP contribution in [0.15, 0.2) is 42.5 Å². The second-order valence-corrected chi connectivity index (χ2v) is 5.19. The summed E-state index contributed by atoms with van der Waals surface area (Å²) in [6, 6.07) is 9.07. The number of anilines is 1. The third-order valence-corrected chi connectivity index (χ3v) is 3.54. The summed E-state index contributed by atoms with van der Waals surface area (Å²) in [5, 5.41) is 2.64. The highest BCUT2D eigenvalue weighted by Crippen LogP contribution is 2.34. The third-order valence-electron chi connectivity index (χ3n) is 3.54. The monoisotopic (exact) mass is 322 g/mol. The fourth-order valence-corrected chi connectivity index (χ4v) is 2.26. The van der Waals surface area contributed by atoms with E-state index >= 15 is 0 Å². The fourth-order valence-electron chi connectivity index (χ4n) is 2.26. The van der Waals surface area contributed by atoms with Gasteiger partial charge in [-0.25, -0.2) is 0 Å². The molecule has 1 aliphatic rings. The summed E-state index contributed by atoms with van der Waals surface area (Å²) < 4.78 is 43.3. The van der Waals surface area contributed by atoms with Gasteiger partial charge in [0, 0.05) is 0 Å². The molecule has 23 heavy (non-hydrogen) atoms. The van der Waals surface area contributed by atoms with Gasteiger partial charge in [-0.05, 0) is 35.4 Å². The maximum atomic E-state index is 12.6. The lowest BCUT2D eigenvalue weighted by atomic mass is 10.0. The van der Waals surface area contributed by atoms with Crippen LogP contribution < -0.4 is 15.8 Å². The van der Waals surface area contributed by atoms with Crippen molar-refractivity contribution in [3.63, 3.8) is 0 Å². The first-order valence-corrected chi connectivity index (χ1v) is 6.85. The molecule has 1 aliphatic heterocycles. The summed E-state index contributed by atoms with van der Waals surface area (Å²) in [5.41, 5.74) is 6.70. The van der Waals surface area contributed by atoms with Crippen LogP contribution >= 0.6 is 0 Å². The minimum absolute atomic E-state index is 0.0370. The lowest BCUT2D eigenvalue weighted by Gasteiger charge is -2.11. The van der Waals surface area contributed by atoms with E-state index in [1.54, 1.807) is 18.2 Å². The van der Waals surface area contributed by atoms with Crippen LogP contribution in [0.2, 0.25) is 0 Å². The number of halogens is 3. The highest BCUT2D eigenvalue weighted by molar-refractivity contribution is 5.97. The van der Waals surface area contributed by atoms with Gasteiger partial charge in [0.2, 0.25) is 5.91 Å². The molecule has 0 fully saturated rings. The number of alkyl halides is 3. The number of rotatable bonds is 1. The number of hydrogen-bond donors (Lipinski definition) is 2. The first kappa shape index (κ1) is 15.4. The quantitative estimate of drug-likeness (QED) is 0.848. The Morgan fingerprint density at radius 2 is 1.74 bits per heavy atom. The number of carbonyl (C=O) groups is 1. The van der Waals surface area contributed by atoms with Crippen LogP contribution in [0.25, 0.3) is 11.1 Å². The maximum absolute atomic E-state index is 12.6. The molecule has 2 aromatic rings. The predicted octanol–water partition coefficient (Wildman–Crippen LogP) is 3.03. The Morgan fingerprint density at radius 3 is 2.39 bits per heavy atom. The summed E-state index contributed by atoms with van der Waals surface area (Å²) in [4.78, 5) is 11.6. The van der Waals surface area contributed by atoms with Gasteiger partial charge in [0.05, 0.1) is 11.3 Å². The first-order valence-electron chi connectivity index (χ1n) is 6.85. The molecule has 2 aromatic carbocycles. The molecule has 0 bridgehead atoms. The summed E-state index contributed by atoms with van der Waals surface area (Å²) >= 11 is 0. The normalized spacial score (nSPS) is 17.7. The number of carbonyl (C=O) groups excluding carboxylic acids is 1. The van der Waals surface area contributed by atoms with E-state index in [-0.39, 0.29) is 12.5 Å². The van der Waals surface area contributed by atoms with Crippen molar-refractivity contribution in [3.05, 3.63) is 48.0 Å². The molecule has 1 amide bonds. The minimum Gasteiger partial charge on any atom is -0.489 e. The topological polar surface area (TPSA) is 64.3 Å². The van der Waals surface area contributed by atoms with Crippen molar-refractivity contribution in [1.29, 1.82) is 0 Å². The second kappa shape index (κ2) is 5.58. The van der Waals surface area contributed by atoms with E-state index in [1.165, 1.54) is 12.1 Å². The van der Waals surface area contributed by atoms with Gasteiger partial charge in [-0.3, -0.25) is 4.79 Å². The molecule has 0 saturated carbocycles. The van der Waals surface area contributed by atoms with Crippen molar-refractivity contribution in [1.82, 2.24) is 0 Å². The number of hydrogen-bond acceptors (Lipinski definition) is 3. The number of benzene rings is 2. The summed E-state index contributed by atoms with van der Waals surface area (Å²) in [7, 11) is 0. The van der Waals surface area contributed by atoms with Crippen molar-refractivity contribution >= 4 is 11.6 Å². The van der Waals surface area contributed by atoms with Crippen molar-refractivity contribution < 1.29 is 22.7 Å². The molecule has 0 spiro atoms. The highest BCUT2D eigenvalue weighted by Gasteiger charge is 2.30. The Morgan fingerprint density at radius 1 is 1.09 bits per heavy atom. The molecule has 0 saturated heterocycles. The van der Waals surface area contributed by atoms with Gasteiger partial charge in [-0.2, -0.15) is 13.2 Å². The molecule has 7 heteroatoms. The van der Waals surface area contributed by atoms with Crippen LogP contribution in [-0.4, -0.2) is 18.6 Å². The van der Waals surface area contributed by atoms with Crippen molar-refractivity contribution in [2.75, 3.05) is 11.9 Å². The van der Waals surface area contributed by atoms with Crippen LogP contribution in [0.1, 0.15) is 5.56 Å². The second-order valence-electron chi connectivity index (χ2n) is 5.19. The molecule has 0 aliphatic carbocycles. The SMILES string of the molecule is N[C@@H]1COc2cc(-c3ccc(C(F)(F)F)cc3)ccc2NC1=O. The van der Waals surface area contributed by atoms with Gasteiger partial charge in [-0.15, -0.1) is 0 Å². The third kappa shape index (κ3) is 3.14. The number of nitrogens with one attached hydrogen (secondary N) is 1. The molecule has 4 nitrogen and oxygen atoms in total. The summed E-state index contributed by atoms with van der Waals surface area (Å²) in [6.07, 6.45) is -4.37. The zero-order valence-corrected chi connectivity index (χ0v) is 11.9. The van der Waals surface area contributed by atoms with Gasteiger partial charge in [0.15, 0.2) is 0 Å². The molecule has 3 N–H and O–H groups in total. The predicted molar refractivity (Wildman–Crippen MR) is 79.0 cm³/mol. The van der Waals surface area contributed by atoms with Crippen LogP contribution in [0.5, 0.6) is 5.75 Å². The Kier molecular flexibility index (Phi) is 3.73. The van der Waals surface area contributed by atoms with Crippen LogP contribution in [-0.2, 0) is 11.0 Å². The minimum atomic E-state index is -4.37. The van der Waals surface area contributed by atoms with E-state index in [4.69, 9.17) is 10.5 Å². The molecule has 1 atom stereocenters. The largest absolute Gasteiger partial charge is 0.489 e. The number of amides is 1. The van der Waals surface area contributed by atoms with Crippen molar-refractivity contribution in [3.8, 4) is 16.9 Å². The van der Waals surface area contributed by atoms with Crippen LogP contribution in [0.3, 0.4) is 0 Å². The van der Waals surface area contributed by atoms with Gasteiger partial charge < -0.3 is 15.8 Å². The molecule has 120 valence electrons. The molecular weight excluding hydrogens is 309 g/mol. The van der Waals surface area contributed by atoms with E-state index in [0.717, 1.165) is 12.1 Å². The standard InChI is InChI=1S/C16H13F3N2O2/c17-16(18,19)11-4-1-9(2-5-11)10-3-6-13-14(7-10)23-8-12(20)15(22)21-13/h1-7,12H,8,20H2,(H,21,22)/t12-/m1/s1. The molecule has 0 aromatic heterocycles. The number of ether oxygens (including phenoxy) is 1. The molecule has 1 heterocycles. The van der Waals surface area contributed by atoms with Crippen molar-refractivity contribution in [2.45, 2.75) is 12.2 Å². The lowest BCUT2D eigenvalue weighted by molar-refractivity contribution is -0.137. The molecule has 0 radical (unpaired) electrons. The van der Waals surface area contributed by atoms with E-state index in [9.17, 15) is 18.0 Å². The number of fused-ring (bicyclic) bond motifs is 1. The number of nitrogens with two attached hydrogens (primary N) is 1. The van der Waals surface area contributed by atoms with E-state index < -0.39 is 17.8 Å². The van der Waals surface area contributed by atoms with Crippen LogP contribution in [0, 0.1) is 0 Å². The van der Waals surface area contributed by atoms with Gasteiger partial charge in [0.25, 0.3) is 0 Å². The Hall–Kier alpha value is -2.54. The average Bonchev–Trinajstić information content (AvgIpc) is 2.66. The fraction of sp³-hybridized carbons (Fsp3) is 0.188. The lowest BCUT2D eigenvalue weighted by Crippen LogP contribution is -2.38. The zero-order chi connectivity index (χ0) is 16.6. The van der Waals surface area contributed by atoms with Gasteiger partial charge in [-0.1, -0.05) is 18.2 Å². The summed E-state index contributed by atoms with van der Waals surface area (Å²) in [6.45, 7) is 0.0370. The van der Waals surface area contributed by atoms with E-state index in [0.29, 0.717) is 22.6 Å². The molecule has 0 unspecified atom stereocenters. The average molecular weight is 322 g/mol. The van der Waals surface area contributed by atoms with E-state index in [2.05, 4.69) is 5.32 Å². The van der Waals surface area contributed by atoms with E-state index in [1.807, 2.05) is 0 Å². The summed E-state index contributed by atoms with van der Waals surface area (Å²) in [5.74, 6) is 0.0923. The smallest absolute Gasteiger partial charge is 0.416 e. The van der Waals surface area contributed by atoms with Gasteiger partial charge >= 0.3 is 6.18 Å². The molecular formula is C16H13F3N2O2. The zero-order valence-electron chi connectivity index (χ0n) is 11.9. The van der Waals surface area contributed by atoms with Gasteiger partial charge in [0.1, 0.15) is 18.4 Å². The van der Waals surface area contributed by atoms with Crippen molar-refractivity contribution in [2.24, 2.45) is 5.73 Å². The molecule has 3 rings (SSSR count).